The van der Waals surface area contributed by atoms with Crippen LogP contribution in [-0.2, 0) is 39.5 Å². The van der Waals surface area contributed by atoms with Crippen LogP contribution in [0.2, 0.25) is 0 Å². The predicted octanol–water partition coefficient (Wildman–Crippen LogP) is 0.462. The molecule has 0 radical (unpaired) electrons. The van der Waals surface area contributed by atoms with E-state index in [2.05, 4.69) is 15.0 Å². The number of nitrogens with zero attached hydrogens (tertiary/aromatic N) is 3. The van der Waals surface area contributed by atoms with Gasteiger partial charge in [-0.15, -0.1) is 0 Å². The highest BCUT2D eigenvalue weighted by Gasteiger charge is 2.53. The Morgan fingerprint density at radius 3 is 2.31 bits per heavy atom. The van der Waals surface area contributed by atoms with Crippen molar-refractivity contribution in [2.24, 2.45) is 0 Å². The first-order chi connectivity index (χ1) is 14.9. The van der Waals surface area contributed by atoms with Crippen LogP contribution in [0, 0.1) is 0 Å². The van der Waals surface area contributed by atoms with Crippen LogP contribution in [0.3, 0.4) is 0 Å². The fourth-order valence-electron chi connectivity index (χ4n) is 3.26. The minimum Gasteiger partial charge on any atom is -0.463 e. The van der Waals surface area contributed by atoms with E-state index >= 15 is 0 Å². The van der Waals surface area contributed by atoms with Gasteiger partial charge in [-0.25, -0.2) is 9.97 Å². The molecule has 3 rings (SSSR count). The number of fused-ring (bicyclic) bond motifs is 1. The van der Waals surface area contributed by atoms with Crippen LogP contribution in [-0.4, -0.2) is 62.3 Å². The summed E-state index contributed by atoms with van der Waals surface area (Å²) in [6, 6.07) is 0. The fraction of sp³-hybridized carbons (Fsp3) is 0.529. The molecular formula is C17H17F3N4O8. The van der Waals surface area contributed by atoms with Crippen molar-refractivity contribution in [2.75, 3.05) is 6.61 Å². The minimum atomic E-state index is -5.07. The van der Waals surface area contributed by atoms with Crippen LogP contribution >= 0.6 is 0 Å². The van der Waals surface area contributed by atoms with E-state index in [9.17, 15) is 32.3 Å². The smallest absolute Gasteiger partial charge is 0.449 e. The number of carbonyl (C=O) groups excluding carboxylic acids is 3. The summed E-state index contributed by atoms with van der Waals surface area (Å²) in [5.41, 5.74) is -2.11. The Morgan fingerprint density at radius 2 is 1.75 bits per heavy atom. The third-order valence-corrected chi connectivity index (χ3v) is 4.33. The summed E-state index contributed by atoms with van der Waals surface area (Å²) < 4.78 is 62.5. The third kappa shape index (κ3) is 4.56. The molecule has 2 aromatic rings. The number of hydrogen-bond donors (Lipinski definition) is 1. The van der Waals surface area contributed by atoms with Crippen molar-refractivity contribution in [3.8, 4) is 0 Å². The zero-order valence-electron chi connectivity index (χ0n) is 16.8. The second-order valence-corrected chi connectivity index (χ2v) is 6.72. The summed E-state index contributed by atoms with van der Waals surface area (Å²) in [6.45, 7) is 2.57. The molecule has 1 aliphatic heterocycles. The summed E-state index contributed by atoms with van der Waals surface area (Å²) in [4.78, 5) is 55.7. The van der Waals surface area contributed by atoms with Gasteiger partial charge in [-0.3, -0.25) is 23.7 Å². The molecule has 12 nitrogen and oxygen atoms in total. The number of hydrogen-bond acceptors (Lipinski definition) is 10. The molecule has 1 aliphatic rings. The monoisotopic (exact) mass is 462 g/mol. The predicted molar refractivity (Wildman–Crippen MR) is 94.8 cm³/mol. The Hall–Kier alpha value is -3.49. The minimum absolute atomic E-state index is 0.433. The molecule has 3 heterocycles. The van der Waals surface area contributed by atoms with E-state index in [-0.39, 0.29) is 0 Å². The maximum absolute atomic E-state index is 13.8. The van der Waals surface area contributed by atoms with Crippen molar-refractivity contribution in [2.45, 2.75) is 51.5 Å². The van der Waals surface area contributed by atoms with Gasteiger partial charge in [-0.1, -0.05) is 0 Å². The molecule has 32 heavy (non-hydrogen) atoms. The van der Waals surface area contributed by atoms with E-state index < -0.39 is 77.8 Å². The van der Waals surface area contributed by atoms with Crippen molar-refractivity contribution < 1.29 is 46.5 Å². The lowest BCUT2D eigenvalue weighted by molar-refractivity contribution is -0.168. The van der Waals surface area contributed by atoms with Crippen LogP contribution in [0.1, 0.15) is 32.8 Å². The van der Waals surface area contributed by atoms with Gasteiger partial charge in [0.05, 0.1) is 6.33 Å². The van der Waals surface area contributed by atoms with Gasteiger partial charge in [-0.05, 0) is 0 Å². The Morgan fingerprint density at radius 1 is 1.12 bits per heavy atom. The van der Waals surface area contributed by atoms with Crippen molar-refractivity contribution >= 4 is 29.1 Å². The van der Waals surface area contributed by atoms with Gasteiger partial charge in [0.2, 0.25) is 5.82 Å². The van der Waals surface area contributed by atoms with E-state index in [0.29, 0.717) is 4.57 Å². The molecule has 174 valence electrons. The number of halogens is 3. The number of nitrogens with one attached hydrogen (secondary N) is 1. The van der Waals surface area contributed by atoms with Crippen LogP contribution in [0.15, 0.2) is 11.1 Å². The number of alkyl halides is 3. The molecule has 1 saturated heterocycles. The van der Waals surface area contributed by atoms with Crippen LogP contribution in [0.4, 0.5) is 13.2 Å². The van der Waals surface area contributed by atoms with E-state index in [1.807, 2.05) is 0 Å². The van der Waals surface area contributed by atoms with Crippen molar-refractivity contribution in [3.63, 3.8) is 0 Å². The summed E-state index contributed by atoms with van der Waals surface area (Å²) >= 11 is 0. The highest BCUT2D eigenvalue weighted by Crippen LogP contribution is 2.40. The molecule has 2 unspecified atom stereocenters. The molecule has 1 fully saturated rings. The van der Waals surface area contributed by atoms with Crippen molar-refractivity contribution in [1.29, 1.82) is 0 Å². The first kappa shape index (κ1) is 23.2. The van der Waals surface area contributed by atoms with Gasteiger partial charge in [0, 0.05) is 20.8 Å². The van der Waals surface area contributed by atoms with Gasteiger partial charge < -0.3 is 23.9 Å². The number of imidazole rings is 1. The van der Waals surface area contributed by atoms with Crippen LogP contribution in [0.5, 0.6) is 0 Å². The highest BCUT2D eigenvalue weighted by molar-refractivity contribution is 5.71. The number of esters is 3. The third-order valence-electron chi connectivity index (χ3n) is 4.33. The molecule has 0 saturated carbocycles. The molecule has 0 aromatic carbocycles. The lowest BCUT2D eigenvalue weighted by Crippen LogP contribution is -2.41. The maximum Gasteiger partial charge on any atom is 0.449 e. The fourth-order valence-corrected chi connectivity index (χ4v) is 3.26. The largest absolute Gasteiger partial charge is 0.463 e. The Balaban J connectivity index is 2.19. The van der Waals surface area contributed by atoms with E-state index in [0.717, 1.165) is 27.1 Å². The summed E-state index contributed by atoms with van der Waals surface area (Å²) in [7, 11) is 0. The zero-order chi connectivity index (χ0) is 23.8. The molecule has 0 bridgehead atoms. The molecular weight excluding hydrogens is 445 g/mol. The van der Waals surface area contributed by atoms with E-state index in [1.54, 1.807) is 0 Å². The number of aromatic amines is 1. The van der Waals surface area contributed by atoms with Gasteiger partial charge in [0.1, 0.15) is 12.7 Å². The number of carbonyl (C=O) groups is 3. The topological polar surface area (TPSA) is 152 Å². The Bertz CT molecular complexity index is 1110. The quantitative estimate of drug-likeness (QED) is 0.490. The van der Waals surface area contributed by atoms with Crippen molar-refractivity contribution in [1.82, 2.24) is 19.5 Å². The Labute approximate surface area is 176 Å². The number of rotatable bonds is 5. The summed E-state index contributed by atoms with van der Waals surface area (Å²) in [5, 5.41) is 0. The molecule has 2 aromatic heterocycles. The average molecular weight is 462 g/mol. The first-order valence-corrected chi connectivity index (χ1v) is 9.06. The number of ether oxygens (including phenoxy) is 4. The lowest BCUT2D eigenvalue weighted by atomic mass is 10.1. The lowest BCUT2D eigenvalue weighted by Gasteiger charge is -2.24. The van der Waals surface area contributed by atoms with Crippen LogP contribution in [0.25, 0.3) is 11.2 Å². The maximum atomic E-state index is 13.8. The summed E-state index contributed by atoms with van der Waals surface area (Å²) in [5.74, 6) is -4.07. The van der Waals surface area contributed by atoms with Gasteiger partial charge in [-0.2, -0.15) is 13.2 Å². The number of aromatic nitrogens is 4. The SMILES string of the molecule is CC(=O)OC[C@H]1O[C@@H](n2c(C(F)(F)F)nc3c(=O)[nH]cnc32)C(OC(C)=O)C1OC(C)=O. The first-order valence-electron chi connectivity index (χ1n) is 9.06. The van der Waals surface area contributed by atoms with Crippen molar-refractivity contribution in [3.05, 3.63) is 22.5 Å². The molecule has 15 heteroatoms. The second-order valence-electron chi connectivity index (χ2n) is 6.72. The van der Waals surface area contributed by atoms with Gasteiger partial charge in [0.15, 0.2) is 29.6 Å². The molecule has 4 atom stereocenters. The van der Waals surface area contributed by atoms with Gasteiger partial charge in [0.25, 0.3) is 5.56 Å². The van der Waals surface area contributed by atoms with Gasteiger partial charge >= 0.3 is 24.1 Å². The van der Waals surface area contributed by atoms with E-state index in [4.69, 9.17) is 18.9 Å². The number of H-pyrrole nitrogens is 1. The molecule has 0 spiro atoms. The standard InChI is InChI=1S/C17H17F3N4O8/c1-6(25)29-4-9-11(30-7(2)26)12(31-8(3)27)15(32-9)24-13-10(14(28)22-5-21-13)23-16(24)17(18,19)20/h5,9,11-12,15H,4H2,1-3H3,(H,21,22,28)/t9-,11?,12?,15-/m1/s1. The summed E-state index contributed by atoms with van der Waals surface area (Å²) in [6.07, 6.45) is -10.4. The normalized spacial score (nSPS) is 23.2. The Kier molecular flexibility index (Phi) is 6.20. The molecule has 0 amide bonds. The van der Waals surface area contributed by atoms with Crippen LogP contribution < -0.4 is 5.56 Å². The molecule has 1 N–H and O–H groups in total. The van der Waals surface area contributed by atoms with E-state index in [1.165, 1.54) is 0 Å². The average Bonchev–Trinajstić information content (AvgIpc) is 3.19. The second kappa shape index (κ2) is 8.57. The molecule has 0 aliphatic carbocycles. The highest BCUT2D eigenvalue weighted by atomic mass is 19.4. The zero-order valence-corrected chi connectivity index (χ0v) is 16.8.